The Morgan fingerprint density at radius 2 is 2.00 bits per heavy atom. The molecule has 29 heavy (non-hydrogen) atoms. The second kappa shape index (κ2) is 8.52. The Hall–Kier alpha value is -3.73. The normalized spacial score (nSPS) is 11.3. The van der Waals surface area contributed by atoms with Crippen molar-refractivity contribution < 1.29 is 10.0 Å². The first kappa shape index (κ1) is 20.0. The summed E-state index contributed by atoms with van der Waals surface area (Å²) in [7, 11) is 3.58. The zero-order chi connectivity index (χ0) is 21.0. The van der Waals surface area contributed by atoms with Crippen molar-refractivity contribution in [3.63, 3.8) is 0 Å². The van der Waals surface area contributed by atoms with E-state index in [1.54, 1.807) is 31.1 Å². The number of aliphatic hydroxyl groups is 1. The molecule has 1 N–H and O–H groups in total. The number of aromatic nitrogens is 4. The average Bonchev–Trinajstić information content (AvgIpc) is 2.71. The molecule has 0 amide bonds. The summed E-state index contributed by atoms with van der Waals surface area (Å²) in [5.74, 6) is 0.171. The Kier molecular flexibility index (Phi) is 5.88. The fourth-order valence-electron chi connectivity index (χ4n) is 2.59. The van der Waals surface area contributed by atoms with Crippen molar-refractivity contribution in [2.45, 2.75) is 19.6 Å². The average molecular weight is 397 g/mol. The van der Waals surface area contributed by atoms with Crippen LogP contribution in [0, 0.1) is 10.1 Å². The van der Waals surface area contributed by atoms with Gasteiger partial charge in [0.15, 0.2) is 11.2 Å². The van der Waals surface area contributed by atoms with E-state index >= 15 is 0 Å². The van der Waals surface area contributed by atoms with Gasteiger partial charge in [0.05, 0.1) is 29.8 Å². The highest BCUT2D eigenvalue weighted by atomic mass is 16.6. The number of rotatable bonds is 7. The molecule has 0 bridgehead atoms. The first-order valence-corrected chi connectivity index (χ1v) is 8.70. The van der Waals surface area contributed by atoms with E-state index in [-0.39, 0.29) is 41.6 Å². The van der Waals surface area contributed by atoms with Crippen LogP contribution in [0.15, 0.2) is 40.2 Å². The predicted octanol–water partition coefficient (Wildman–Crippen LogP) is 1.05. The molecule has 0 saturated heterocycles. The lowest BCUT2D eigenvalue weighted by atomic mass is 10.1. The molecule has 150 valence electrons. The molecule has 0 spiro atoms. The lowest BCUT2D eigenvalue weighted by Crippen LogP contribution is -2.24. The Bertz CT molecular complexity index is 1120. The minimum absolute atomic E-state index is 0.00127. The second-order valence-corrected chi connectivity index (χ2v) is 6.44. The van der Waals surface area contributed by atoms with Crippen molar-refractivity contribution in [2.24, 2.45) is 4.99 Å². The predicted molar refractivity (Wildman–Crippen MR) is 106 cm³/mol. The SMILES string of the molecule is CN(C)/C=N/c1nc2ncc(CO)nc2c(=O)n1CCc1ccc([N+](=O)[O-])cc1. The fourth-order valence-corrected chi connectivity index (χ4v) is 2.59. The van der Waals surface area contributed by atoms with Crippen molar-refractivity contribution in [3.8, 4) is 0 Å². The summed E-state index contributed by atoms with van der Waals surface area (Å²) in [6.07, 6.45) is 3.31. The van der Waals surface area contributed by atoms with Gasteiger partial charge in [-0.2, -0.15) is 4.98 Å². The van der Waals surface area contributed by atoms with Crippen LogP contribution in [-0.2, 0) is 19.6 Å². The van der Waals surface area contributed by atoms with Gasteiger partial charge in [-0.25, -0.2) is 15.0 Å². The molecule has 11 heteroatoms. The lowest BCUT2D eigenvalue weighted by molar-refractivity contribution is -0.384. The molecular formula is C18H19N7O4. The maximum atomic E-state index is 13.0. The number of aliphatic imine (C=N–C) groups is 1. The fraction of sp³-hybridized carbons (Fsp3) is 0.278. The number of fused-ring (bicyclic) bond motifs is 1. The first-order chi connectivity index (χ1) is 13.9. The first-order valence-electron chi connectivity index (χ1n) is 8.70. The smallest absolute Gasteiger partial charge is 0.283 e. The van der Waals surface area contributed by atoms with Crippen LogP contribution in [0.1, 0.15) is 11.3 Å². The monoisotopic (exact) mass is 397 g/mol. The van der Waals surface area contributed by atoms with E-state index in [2.05, 4.69) is 19.9 Å². The quantitative estimate of drug-likeness (QED) is 0.270. The highest BCUT2D eigenvalue weighted by Crippen LogP contribution is 2.15. The van der Waals surface area contributed by atoms with Gasteiger partial charge in [0.2, 0.25) is 5.95 Å². The molecule has 0 aliphatic carbocycles. The third kappa shape index (κ3) is 4.58. The second-order valence-electron chi connectivity index (χ2n) is 6.44. The molecule has 0 fully saturated rings. The maximum Gasteiger partial charge on any atom is 0.283 e. The number of hydrogen-bond acceptors (Lipinski definition) is 8. The van der Waals surface area contributed by atoms with Crippen molar-refractivity contribution in [1.29, 1.82) is 0 Å². The van der Waals surface area contributed by atoms with E-state index in [4.69, 9.17) is 0 Å². The van der Waals surface area contributed by atoms with E-state index in [0.717, 1.165) is 5.56 Å². The Morgan fingerprint density at radius 1 is 1.28 bits per heavy atom. The van der Waals surface area contributed by atoms with Gasteiger partial charge in [-0.1, -0.05) is 12.1 Å². The zero-order valence-corrected chi connectivity index (χ0v) is 15.9. The number of nitro groups is 1. The summed E-state index contributed by atoms with van der Waals surface area (Å²) >= 11 is 0. The number of hydrogen-bond donors (Lipinski definition) is 1. The van der Waals surface area contributed by atoms with Crippen LogP contribution >= 0.6 is 0 Å². The van der Waals surface area contributed by atoms with Gasteiger partial charge < -0.3 is 10.0 Å². The van der Waals surface area contributed by atoms with E-state index in [1.807, 2.05) is 0 Å². The summed E-state index contributed by atoms with van der Waals surface area (Å²) in [6, 6.07) is 6.12. The molecule has 2 aromatic heterocycles. The molecule has 0 atom stereocenters. The molecule has 0 saturated carbocycles. The van der Waals surface area contributed by atoms with Crippen molar-refractivity contribution in [3.05, 3.63) is 62.2 Å². The Balaban J connectivity index is 2.00. The molecular weight excluding hydrogens is 378 g/mol. The minimum Gasteiger partial charge on any atom is -0.390 e. The zero-order valence-electron chi connectivity index (χ0n) is 15.9. The largest absolute Gasteiger partial charge is 0.390 e. The van der Waals surface area contributed by atoms with Crippen molar-refractivity contribution >= 4 is 29.1 Å². The van der Waals surface area contributed by atoms with Gasteiger partial charge in [-0.15, -0.1) is 0 Å². The number of non-ortho nitro benzene ring substituents is 1. The number of nitrogens with zero attached hydrogens (tertiary/aromatic N) is 7. The van der Waals surface area contributed by atoms with Gasteiger partial charge in [-0.05, 0) is 12.0 Å². The van der Waals surface area contributed by atoms with Crippen LogP contribution in [0.3, 0.4) is 0 Å². The summed E-state index contributed by atoms with van der Waals surface area (Å²) in [5.41, 5.74) is 0.851. The third-order valence-electron chi connectivity index (χ3n) is 4.04. The van der Waals surface area contributed by atoms with Gasteiger partial charge in [0, 0.05) is 32.8 Å². The van der Waals surface area contributed by atoms with E-state index in [1.165, 1.54) is 29.2 Å². The molecule has 0 radical (unpaired) electrons. The van der Waals surface area contributed by atoms with E-state index in [0.29, 0.717) is 6.42 Å². The number of nitro benzene ring substituents is 1. The third-order valence-corrected chi connectivity index (χ3v) is 4.04. The van der Waals surface area contributed by atoms with Crippen LogP contribution in [-0.4, -0.2) is 54.9 Å². The van der Waals surface area contributed by atoms with Crippen LogP contribution in [0.25, 0.3) is 11.2 Å². The highest BCUT2D eigenvalue weighted by molar-refractivity contribution is 5.70. The van der Waals surface area contributed by atoms with Gasteiger partial charge in [-0.3, -0.25) is 19.5 Å². The molecule has 0 aliphatic heterocycles. The van der Waals surface area contributed by atoms with Gasteiger partial charge in [0.25, 0.3) is 11.2 Å². The van der Waals surface area contributed by atoms with Crippen LogP contribution in [0.4, 0.5) is 11.6 Å². The maximum absolute atomic E-state index is 13.0. The highest BCUT2D eigenvalue weighted by Gasteiger charge is 2.14. The summed E-state index contributed by atoms with van der Waals surface area (Å²) in [4.78, 5) is 41.8. The number of aryl methyl sites for hydroxylation is 1. The Morgan fingerprint density at radius 3 is 2.62 bits per heavy atom. The van der Waals surface area contributed by atoms with Crippen molar-refractivity contribution in [1.82, 2.24) is 24.4 Å². The standard InChI is InChI=1S/C18H19N7O4/c1-23(2)11-20-18-22-16-15(21-13(10-26)9-19-16)17(27)24(18)8-7-12-3-5-14(6-4-12)25(28)29/h3-6,9,11,26H,7-8,10H2,1-2H3/b20-11+. The van der Waals surface area contributed by atoms with E-state index < -0.39 is 10.5 Å². The lowest BCUT2D eigenvalue weighted by Gasteiger charge is -2.11. The van der Waals surface area contributed by atoms with E-state index in [9.17, 15) is 20.0 Å². The molecule has 0 unspecified atom stereocenters. The topological polar surface area (TPSA) is 140 Å². The minimum atomic E-state index is -0.465. The number of benzene rings is 1. The van der Waals surface area contributed by atoms with Crippen molar-refractivity contribution in [2.75, 3.05) is 14.1 Å². The Labute approximate surface area is 165 Å². The molecule has 2 heterocycles. The summed E-state index contributed by atoms with van der Waals surface area (Å²) < 4.78 is 1.37. The van der Waals surface area contributed by atoms with Gasteiger partial charge in [0.1, 0.15) is 0 Å². The van der Waals surface area contributed by atoms with Gasteiger partial charge >= 0.3 is 0 Å². The molecule has 3 rings (SSSR count). The van der Waals surface area contributed by atoms with Crippen LogP contribution in [0.5, 0.6) is 0 Å². The number of aliphatic hydroxyl groups excluding tert-OH is 1. The molecule has 11 nitrogen and oxygen atoms in total. The van der Waals surface area contributed by atoms with Crippen LogP contribution in [0.2, 0.25) is 0 Å². The van der Waals surface area contributed by atoms with Crippen LogP contribution < -0.4 is 5.56 Å². The molecule has 0 aliphatic rings. The summed E-state index contributed by atoms with van der Waals surface area (Å²) in [5, 5.41) is 20.0. The molecule has 1 aromatic carbocycles. The molecule has 3 aromatic rings. The summed E-state index contributed by atoms with van der Waals surface area (Å²) in [6.45, 7) is -0.101.